The van der Waals surface area contributed by atoms with Crippen molar-refractivity contribution >= 4 is 18.0 Å². The predicted molar refractivity (Wildman–Crippen MR) is 78.8 cm³/mol. The summed E-state index contributed by atoms with van der Waals surface area (Å²) in [6.07, 6.45) is 4.98. The molecule has 0 saturated carbocycles. The van der Waals surface area contributed by atoms with Gasteiger partial charge in [-0.15, -0.1) is 0 Å². The molecule has 2 N–H and O–H groups in total. The van der Waals surface area contributed by atoms with Crippen LogP contribution in [0.1, 0.15) is 22.5 Å². The maximum absolute atomic E-state index is 12.2. The Hall–Kier alpha value is -2.21. The molecule has 0 aliphatic carbocycles. The van der Waals surface area contributed by atoms with Gasteiger partial charge in [-0.2, -0.15) is 0 Å². The lowest BCUT2D eigenvalue weighted by atomic mass is 10.1. The molecule has 2 heterocycles. The molecule has 0 radical (unpaired) electrons. The van der Waals surface area contributed by atoms with Crippen molar-refractivity contribution in [3.63, 3.8) is 0 Å². The summed E-state index contributed by atoms with van der Waals surface area (Å²) in [6, 6.07) is 3.34. The number of carboxylic acids is 1. The van der Waals surface area contributed by atoms with Gasteiger partial charge in [0.1, 0.15) is 5.69 Å². The Morgan fingerprint density at radius 3 is 3.05 bits per heavy atom. The molecule has 0 aromatic carbocycles. The van der Waals surface area contributed by atoms with E-state index in [1.165, 1.54) is 12.3 Å². The molecule has 21 heavy (non-hydrogen) atoms. The Bertz CT molecular complexity index is 557. The molecule has 6 heteroatoms. The van der Waals surface area contributed by atoms with Gasteiger partial charge in [0.2, 0.25) is 0 Å². The van der Waals surface area contributed by atoms with Crippen LogP contribution in [0.15, 0.2) is 24.4 Å². The Morgan fingerprint density at radius 1 is 1.57 bits per heavy atom. The zero-order valence-corrected chi connectivity index (χ0v) is 12.0. The van der Waals surface area contributed by atoms with E-state index < -0.39 is 5.97 Å². The number of nitrogens with one attached hydrogen (secondary N) is 1. The second kappa shape index (κ2) is 6.99. The molecule has 1 aromatic rings. The second-order valence-electron chi connectivity index (χ2n) is 5.24. The lowest BCUT2D eigenvalue weighted by Crippen LogP contribution is -2.31. The number of hydrogen-bond acceptors (Lipinski definition) is 4. The van der Waals surface area contributed by atoms with E-state index in [9.17, 15) is 9.59 Å². The Morgan fingerprint density at radius 2 is 2.38 bits per heavy atom. The number of likely N-dealkylation sites (tertiary alicyclic amines) is 1. The minimum atomic E-state index is -1.06. The van der Waals surface area contributed by atoms with E-state index in [1.54, 1.807) is 12.1 Å². The molecule has 1 aliphatic rings. The highest BCUT2D eigenvalue weighted by Gasteiger charge is 2.20. The molecule has 0 bridgehead atoms. The average Bonchev–Trinajstić information content (AvgIpc) is 2.88. The molecule has 1 atom stereocenters. The SMILES string of the molecule is CN1CCC(CNC(=O)c2ncccc2/C=C/C(=O)O)C1. The first-order chi connectivity index (χ1) is 10.1. The number of rotatable bonds is 5. The van der Waals surface area contributed by atoms with Crippen LogP contribution >= 0.6 is 0 Å². The van der Waals surface area contributed by atoms with Gasteiger partial charge in [0.05, 0.1) is 0 Å². The molecule has 0 spiro atoms. The third-order valence-corrected chi connectivity index (χ3v) is 3.50. The first-order valence-corrected chi connectivity index (χ1v) is 6.89. The van der Waals surface area contributed by atoms with Crippen molar-refractivity contribution in [3.05, 3.63) is 35.7 Å². The molecule has 2 rings (SSSR count). The fourth-order valence-electron chi connectivity index (χ4n) is 2.42. The van der Waals surface area contributed by atoms with E-state index in [0.29, 0.717) is 18.0 Å². The number of pyridine rings is 1. The normalized spacial score (nSPS) is 19.0. The summed E-state index contributed by atoms with van der Waals surface area (Å²) in [4.78, 5) is 29.0. The summed E-state index contributed by atoms with van der Waals surface area (Å²) in [5, 5.41) is 11.5. The molecule has 112 valence electrons. The first-order valence-electron chi connectivity index (χ1n) is 6.89. The van der Waals surface area contributed by atoms with Crippen molar-refractivity contribution in [2.45, 2.75) is 6.42 Å². The highest BCUT2D eigenvalue weighted by molar-refractivity contribution is 5.97. The minimum absolute atomic E-state index is 0.251. The monoisotopic (exact) mass is 289 g/mol. The van der Waals surface area contributed by atoms with Crippen LogP contribution < -0.4 is 5.32 Å². The molecular weight excluding hydrogens is 270 g/mol. The van der Waals surface area contributed by atoms with Crippen LogP contribution in [0.25, 0.3) is 6.08 Å². The van der Waals surface area contributed by atoms with Crippen LogP contribution in [0.2, 0.25) is 0 Å². The van der Waals surface area contributed by atoms with Gasteiger partial charge in [0, 0.05) is 30.9 Å². The van der Waals surface area contributed by atoms with E-state index in [-0.39, 0.29) is 11.6 Å². The standard InChI is InChI=1S/C15H19N3O3/c1-18-8-6-11(10-18)9-17-15(21)14-12(3-2-7-16-14)4-5-13(19)20/h2-5,7,11H,6,8-10H2,1H3,(H,17,21)(H,19,20)/b5-4+. The van der Waals surface area contributed by atoms with Gasteiger partial charge in [-0.25, -0.2) is 4.79 Å². The molecule has 1 unspecified atom stereocenters. The largest absolute Gasteiger partial charge is 0.478 e. The third-order valence-electron chi connectivity index (χ3n) is 3.50. The number of hydrogen-bond donors (Lipinski definition) is 2. The van der Waals surface area contributed by atoms with Crippen LogP contribution in [0.4, 0.5) is 0 Å². The van der Waals surface area contributed by atoms with Gasteiger partial charge in [-0.05, 0) is 38.1 Å². The lowest BCUT2D eigenvalue weighted by Gasteiger charge is -2.12. The van der Waals surface area contributed by atoms with Crippen molar-refractivity contribution in [1.82, 2.24) is 15.2 Å². The summed E-state index contributed by atoms with van der Waals surface area (Å²) in [7, 11) is 2.06. The number of carbonyl (C=O) groups is 2. The molecule has 1 aromatic heterocycles. The number of carbonyl (C=O) groups excluding carboxylic acids is 1. The van der Waals surface area contributed by atoms with Gasteiger partial charge in [0.15, 0.2) is 0 Å². The molecule has 6 nitrogen and oxygen atoms in total. The van der Waals surface area contributed by atoms with E-state index in [0.717, 1.165) is 25.6 Å². The van der Waals surface area contributed by atoms with Gasteiger partial charge < -0.3 is 15.3 Å². The second-order valence-corrected chi connectivity index (χ2v) is 5.24. The smallest absolute Gasteiger partial charge is 0.328 e. The highest BCUT2D eigenvalue weighted by Crippen LogP contribution is 2.13. The summed E-state index contributed by atoms with van der Waals surface area (Å²) in [6.45, 7) is 2.65. The maximum atomic E-state index is 12.2. The van der Waals surface area contributed by atoms with E-state index >= 15 is 0 Å². The van der Waals surface area contributed by atoms with Crippen molar-refractivity contribution in [2.75, 3.05) is 26.7 Å². The predicted octanol–water partition coefficient (Wildman–Crippen LogP) is 0.861. The Labute approximate surface area is 123 Å². The maximum Gasteiger partial charge on any atom is 0.328 e. The molecular formula is C15H19N3O3. The molecule has 1 saturated heterocycles. The fraction of sp³-hybridized carbons (Fsp3) is 0.400. The van der Waals surface area contributed by atoms with Crippen LogP contribution in [0.3, 0.4) is 0 Å². The molecule has 1 aliphatic heterocycles. The topological polar surface area (TPSA) is 82.5 Å². The van der Waals surface area contributed by atoms with E-state index in [2.05, 4.69) is 22.2 Å². The van der Waals surface area contributed by atoms with E-state index in [4.69, 9.17) is 5.11 Å². The van der Waals surface area contributed by atoms with Gasteiger partial charge in [-0.1, -0.05) is 6.07 Å². The first kappa shape index (κ1) is 15.2. The number of aliphatic carboxylic acids is 1. The highest BCUT2D eigenvalue weighted by atomic mass is 16.4. The van der Waals surface area contributed by atoms with Crippen molar-refractivity contribution in [2.24, 2.45) is 5.92 Å². The zero-order valence-electron chi connectivity index (χ0n) is 12.0. The van der Waals surface area contributed by atoms with Crippen molar-refractivity contribution in [1.29, 1.82) is 0 Å². The molecule has 1 fully saturated rings. The zero-order chi connectivity index (χ0) is 15.2. The number of carboxylic acid groups (broad SMARTS) is 1. The van der Waals surface area contributed by atoms with Crippen LogP contribution in [-0.2, 0) is 4.79 Å². The van der Waals surface area contributed by atoms with Gasteiger partial charge in [-0.3, -0.25) is 9.78 Å². The van der Waals surface area contributed by atoms with Crippen LogP contribution in [-0.4, -0.2) is 53.5 Å². The number of amides is 1. The lowest BCUT2D eigenvalue weighted by molar-refractivity contribution is -0.131. The van der Waals surface area contributed by atoms with Crippen molar-refractivity contribution < 1.29 is 14.7 Å². The minimum Gasteiger partial charge on any atom is -0.478 e. The Balaban J connectivity index is 2.00. The third kappa shape index (κ3) is 4.39. The van der Waals surface area contributed by atoms with E-state index in [1.807, 2.05) is 0 Å². The average molecular weight is 289 g/mol. The van der Waals surface area contributed by atoms with Crippen LogP contribution in [0.5, 0.6) is 0 Å². The van der Waals surface area contributed by atoms with Gasteiger partial charge in [0.25, 0.3) is 5.91 Å². The number of nitrogens with zero attached hydrogens (tertiary/aromatic N) is 2. The van der Waals surface area contributed by atoms with Crippen molar-refractivity contribution in [3.8, 4) is 0 Å². The number of aromatic nitrogens is 1. The van der Waals surface area contributed by atoms with Gasteiger partial charge >= 0.3 is 5.97 Å². The summed E-state index contributed by atoms with van der Waals surface area (Å²) in [5.41, 5.74) is 0.752. The molecule has 1 amide bonds. The van der Waals surface area contributed by atoms with Crippen LogP contribution in [0, 0.1) is 5.92 Å². The Kier molecular flexibility index (Phi) is 5.05. The quantitative estimate of drug-likeness (QED) is 0.786. The summed E-state index contributed by atoms with van der Waals surface area (Å²) < 4.78 is 0. The fourth-order valence-corrected chi connectivity index (χ4v) is 2.42. The summed E-state index contributed by atoms with van der Waals surface area (Å²) >= 11 is 0. The summed E-state index contributed by atoms with van der Waals surface area (Å²) in [5.74, 6) is -0.866.